The fraction of sp³-hybridized carbons (Fsp3) is 0.235. The van der Waals surface area contributed by atoms with Crippen molar-refractivity contribution >= 4 is 23.3 Å². The lowest BCUT2D eigenvalue weighted by Crippen LogP contribution is -2.28. The van der Waals surface area contributed by atoms with Gasteiger partial charge in [-0.3, -0.25) is 0 Å². The van der Waals surface area contributed by atoms with Gasteiger partial charge < -0.3 is 15.4 Å². The van der Waals surface area contributed by atoms with Crippen LogP contribution in [0.15, 0.2) is 36.4 Å². The van der Waals surface area contributed by atoms with Gasteiger partial charge in [-0.25, -0.2) is 4.79 Å². The van der Waals surface area contributed by atoms with Crippen LogP contribution in [0.1, 0.15) is 16.7 Å². The molecule has 0 heterocycles. The molecular weight excluding hydrogens is 300 g/mol. The van der Waals surface area contributed by atoms with E-state index in [9.17, 15) is 4.79 Å². The summed E-state index contributed by atoms with van der Waals surface area (Å²) < 4.78 is 5.23. The number of amides is 2. The van der Waals surface area contributed by atoms with Gasteiger partial charge in [-0.1, -0.05) is 41.4 Å². The second-order valence-corrected chi connectivity index (χ2v) is 5.51. The summed E-state index contributed by atoms with van der Waals surface area (Å²) in [7, 11) is 1.54. The van der Waals surface area contributed by atoms with Gasteiger partial charge in [0.2, 0.25) is 0 Å². The van der Waals surface area contributed by atoms with Gasteiger partial charge in [0.1, 0.15) is 5.75 Å². The summed E-state index contributed by atoms with van der Waals surface area (Å²) in [5.74, 6) is 0.529. The van der Waals surface area contributed by atoms with E-state index in [2.05, 4.69) is 10.6 Å². The third kappa shape index (κ3) is 4.15. The molecule has 2 rings (SSSR count). The first kappa shape index (κ1) is 16.2. The molecule has 0 unspecified atom stereocenters. The number of methoxy groups -OCH3 is 1. The number of urea groups is 1. The van der Waals surface area contributed by atoms with Crippen LogP contribution in [0.5, 0.6) is 5.75 Å². The van der Waals surface area contributed by atoms with Crippen molar-refractivity contribution in [2.75, 3.05) is 12.4 Å². The molecule has 0 aliphatic carbocycles. The molecule has 0 spiro atoms. The van der Waals surface area contributed by atoms with Gasteiger partial charge in [0, 0.05) is 17.6 Å². The van der Waals surface area contributed by atoms with Crippen LogP contribution in [0.2, 0.25) is 5.02 Å². The molecule has 0 atom stereocenters. The van der Waals surface area contributed by atoms with Gasteiger partial charge in [-0.15, -0.1) is 0 Å². The Bertz CT molecular complexity index is 686. The smallest absolute Gasteiger partial charge is 0.319 e. The molecule has 116 valence electrons. The first-order chi connectivity index (χ1) is 10.5. The van der Waals surface area contributed by atoms with Crippen LogP contribution in [0.4, 0.5) is 10.5 Å². The van der Waals surface area contributed by atoms with E-state index >= 15 is 0 Å². The average molecular weight is 319 g/mol. The van der Waals surface area contributed by atoms with E-state index in [1.807, 2.05) is 38.1 Å². The van der Waals surface area contributed by atoms with Crippen molar-refractivity contribution in [2.45, 2.75) is 20.4 Å². The third-order valence-electron chi connectivity index (χ3n) is 3.26. The lowest BCUT2D eigenvalue weighted by molar-refractivity contribution is 0.251. The Morgan fingerprint density at radius 1 is 1.23 bits per heavy atom. The Balaban J connectivity index is 2.01. The average Bonchev–Trinajstić information content (AvgIpc) is 2.49. The normalized spacial score (nSPS) is 10.2. The fourth-order valence-electron chi connectivity index (χ4n) is 2.10. The molecule has 2 aromatic rings. The van der Waals surface area contributed by atoms with Crippen molar-refractivity contribution in [3.05, 3.63) is 58.1 Å². The van der Waals surface area contributed by atoms with Crippen molar-refractivity contribution in [2.24, 2.45) is 0 Å². The SMILES string of the molecule is COc1cc(Cl)c(C)cc1NC(=O)NCc1cccc(C)c1. The van der Waals surface area contributed by atoms with Crippen molar-refractivity contribution < 1.29 is 9.53 Å². The number of halogens is 1. The molecule has 2 N–H and O–H groups in total. The van der Waals surface area contributed by atoms with E-state index in [1.54, 1.807) is 12.1 Å². The lowest BCUT2D eigenvalue weighted by atomic mass is 10.1. The monoisotopic (exact) mass is 318 g/mol. The molecule has 0 radical (unpaired) electrons. The minimum absolute atomic E-state index is 0.290. The second kappa shape index (κ2) is 7.18. The lowest BCUT2D eigenvalue weighted by Gasteiger charge is -2.13. The number of benzene rings is 2. The second-order valence-electron chi connectivity index (χ2n) is 5.10. The molecule has 5 heteroatoms. The first-order valence-corrected chi connectivity index (χ1v) is 7.32. The van der Waals surface area contributed by atoms with Crippen LogP contribution in [0.3, 0.4) is 0 Å². The van der Waals surface area contributed by atoms with Crippen LogP contribution in [-0.2, 0) is 6.54 Å². The molecule has 2 amide bonds. The summed E-state index contributed by atoms with van der Waals surface area (Å²) in [5, 5.41) is 6.20. The van der Waals surface area contributed by atoms with Crippen molar-refractivity contribution in [3.63, 3.8) is 0 Å². The molecular formula is C17H19ClN2O2. The summed E-state index contributed by atoms with van der Waals surface area (Å²) in [4.78, 5) is 12.0. The number of ether oxygens (including phenoxy) is 1. The number of carbonyl (C=O) groups is 1. The Labute approximate surface area is 135 Å². The molecule has 0 aliphatic heterocycles. The van der Waals surface area contributed by atoms with E-state index in [0.717, 1.165) is 16.7 Å². The summed E-state index contributed by atoms with van der Waals surface area (Å²) in [6, 6.07) is 11.2. The predicted molar refractivity (Wildman–Crippen MR) is 89.8 cm³/mol. The molecule has 0 bridgehead atoms. The zero-order valence-electron chi connectivity index (χ0n) is 12.9. The van der Waals surface area contributed by atoms with E-state index in [0.29, 0.717) is 23.0 Å². The third-order valence-corrected chi connectivity index (χ3v) is 3.67. The molecule has 4 nitrogen and oxygen atoms in total. The Kier molecular flexibility index (Phi) is 5.28. The summed E-state index contributed by atoms with van der Waals surface area (Å²) in [6.07, 6.45) is 0. The summed E-state index contributed by atoms with van der Waals surface area (Å²) in [5.41, 5.74) is 3.67. The van der Waals surface area contributed by atoms with Crippen molar-refractivity contribution in [3.8, 4) is 5.75 Å². The Morgan fingerprint density at radius 3 is 2.68 bits per heavy atom. The zero-order valence-corrected chi connectivity index (χ0v) is 13.6. The molecule has 0 fully saturated rings. The van der Waals surface area contributed by atoms with Crippen LogP contribution < -0.4 is 15.4 Å². The van der Waals surface area contributed by atoms with E-state index in [1.165, 1.54) is 7.11 Å². The maximum atomic E-state index is 12.0. The number of nitrogens with one attached hydrogen (secondary N) is 2. The molecule has 0 saturated heterocycles. The Morgan fingerprint density at radius 2 is 2.00 bits per heavy atom. The highest BCUT2D eigenvalue weighted by Gasteiger charge is 2.10. The van der Waals surface area contributed by atoms with Crippen molar-refractivity contribution in [1.82, 2.24) is 5.32 Å². The van der Waals surface area contributed by atoms with Crippen LogP contribution >= 0.6 is 11.6 Å². The van der Waals surface area contributed by atoms with E-state index in [4.69, 9.17) is 16.3 Å². The number of aryl methyl sites for hydroxylation is 2. The highest BCUT2D eigenvalue weighted by molar-refractivity contribution is 6.31. The Hall–Kier alpha value is -2.20. The molecule has 22 heavy (non-hydrogen) atoms. The maximum Gasteiger partial charge on any atom is 0.319 e. The summed E-state index contributed by atoms with van der Waals surface area (Å²) in [6.45, 7) is 4.35. The predicted octanol–water partition coefficient (Wildman–Crippen LogP) is 4.29. The highest BCUT2D eigenvalue weighted by Crippen LogP contribution is 2.30. The largest absolute Gasteiger partial charge is 0.495 e. The number of hydrogen-bond donors (Lipinski definition) is 2. The molecule has 0 aliphatic rings. The number of rotatable bonds is 4. The minimum Gasteiger partial charge on any atom is -0.495 e. The van der Waals surface area contributed by atoms with Gasteiger partial charge in [0.05, 0.1) is 12.8 Å². The van der Waals surface area contributed by atoms with E-state index < -0.39 is 0 Å². The van der Waals surface area contributed by atoms with Gasteiger partial charge >= 0.3 is 6.03 Å². The van der Waals surface area contributed by atoms with Crippen LogP contribution in [0.25, 0.3) is 0 Å². The quantitative estimate of drug-likeness (QED) is 0.883. The first-order valence-electron chi connectivity index (χ1n) is 6.94. The fourth-order valence-corrected chi connectivity index (χ4v) is 2.25. The maximum absolute atomic E-state index is 12.0. The van der Waals surface area contributed by atoms with Crippen LogP contribution in [-0.4, -0.2) is 13.1 Å². The number of hydrogen-bond acceptors (Lipinski definition) is 2. The zero-order chi connectivity index (χ0) is 16.1. The van der Waals surface area contributed by atoms with Gasteiger partial charge in [-0.05, 0) is 31.0 Å². The molecule has 0 saturated carbocycles. The minimum atomic E-state index is -0.290. The molecule has 2 aromatic carbocycles. The summed E-state index contributed by atoms with van der Waals surface area (Å²) >= 11 is 6.05. The van der Waals surface area contributed by atoms with Crippen molar-refractivity contribution in [1.29, 1.82) is 0 Å². The highest BCUT2D eigenvalue weighted by atomic mass is 35.5. The van der Waals surface area contributed by atoms with E-state index in [-0.39, 0.29) is 6.03 Å². The number of carbonyl (C=O) groups excluding carboxylic acids is 1. The number of anilines is 1. The molecule has 0 aromatic heterocycles. The topological polar surface area (TPSA) is 50.4 Å². The van der Waals surface area contributed by atoms with Crippen LogP contribution in [0, 0.1) is 13.8 Å². The van der Waals surface area contributed by atoms with Gasteiger partial charge in [-0.2, -0.15) is 0 Å². The standard InChI is InChI=1S/C17H19ClN2O2/c1-11-5-4-6-13(7-11)10-19-17(21)20-15-8-12(2)14(18)9-16(15)22-3/h4-9H,10H2,1-3H3,(H2,19,20,21). The van der Waals surface area contributed by atoms with Gasteiger partial charge in [0.25, 0.3) is 0 Å². The van der Waals surface area contributed by atoms with Gasteiger partial charge in [0.15, 0.2) is 0 Å².